The number of benzene rings is 1. The Morgan fingerprint density at radius 2 is 1.85 bits per heavy atom. The van der Waals surface area contributed by atoms with Gasteiger partial charge in [0.1, 0.15) is 0 Å². The average molecular weight is 374 g/mol. The number of hydrogen-bond donors (Lipinski definition) is 1. The third-order valence-corrected chi connectivity index (χ3v) is 5.46. The molecule has 0 aromatic heterocycles. The first-order valence-electron chi connectivity index (χ1n) is 9.52. The van der Waals surface area contributed by atoms with E-state index in [4.69, 9.17) is 0 Å². The Hall–Kier alpha value is -2.37. The molecule has 1 fully saturated rings. The smallest absolute Gasteiger partial charge is 0.308 e. The molecular weight excluding hydrogens is 344 g/mol. The summed E-state index contributed by atoms with van der Waals surface area (Å²) in [7, 11) is 1.63. The molecule has 148 valence electrons. The van der Waals surface area contributed by atoms with Crippen LogP contribution in [0, 0.1) is 5.92 Å². The quantitative estimate of drug-likeness (QED) is 0.829. The van der Waals surface area contributed by atoms with E-state index in [1.807, 2.05) is 38.1 Å². The predicted octanol–water partition coefficient (Wildman–Crippen LogP) is 2.31. The molecule has 0 bridgehead atoms. The van der Waals surface area contributed by atoms with Crippen LogP contribution < -0.4 is 0 Å². The summed E-state index contributed by atoms with van der Waals surface area (Å²) in [5, 5.41) is 9.18. The average Bonchev–Trinajstić information content (AvgIpc) is 2.67. The minimum Gasteiger partial charge on any atom is -0.481 e. The number of hydrogen-bond acceptors (Lipinski definition) is 3. The second kappa shape index (κ2) is 8.55. The molecule has 1 aliphatic heterocycles. The van der Waals surface area contributed by atoms with E-state index < -0.39 is 17.3 Å². The summed E-state index contributed by atoms with van der Waals surface area (Å²) in [6.07, 6.45) is 2.21. The van der Waals surface area contributed by atoms with Crippen molar-refractivity contribution in [2.75, 3.05) is 26.7 Å². The fourth-order valence-corrected chi connectivity index (χ4v) is 3.54. The van der Waals surface area contributed by atoms with Gasteiger partial charge in [-0.3, -0.25) is 14.4 Å². The van der Waals surface area contributed by atoms with E-state index in [1.165, 1.54) is 10.5 Å². The molecule has 2 rings (SSSR count). The highest BCUT2D eigenvalue weighted by Gasteiger charge is 2.34. The van der Waals surface area contributed by atoms with Crippen LogP contribution in [0.15, 0.2) is 24.3 Å². The van der Waals surface area contributed by atoms with Crippen molar-refractivity contribution in [3.05, 3.63) is 35.4 Å². The predicted molar refractivity (Wildman–Crippen MR) is 103 cm³/mol. The lowest BCUT2D eigenvalue weighted by molar-refractivity contribution is -0.148. The molecule has 0 spiro atoms. The Bertz CT molecular complexity index is 697. The molecule has 1 aromatic carbocycles. The molecule has 1 N–H and O–H groups in total. The molecule has 6 heteroatoms. The Kier molecular flexibility index (Phi) is 6.63. The van der Waals surface area contributed by atoms with Crippen LogP contribution in [0.1, 0.15) is 44.7 Å². The number of likely N-dealkylation sites (N-methyl/N-ethyl adjacent to an activating group) is 1. The first-order valence-corrected chi connectivity index (χ1v) is 9.52. The summed E-state index contributed by atoms with van der Waals surface area (Å²) < 4.78 is 0. The van der Waals surface area contributed by atoms with Gasteiger partial charge in [-0.05, 0) is 44.2 Å². The van der Waals surface area contributed by atoms with Crippen LogP contribution in [0.4, 0.5) is 0 Å². The Morgan fingerprint density at radius 1 is 1.22 bits per heavy atom. The number of carboxylic acids is 1. The number of amides is 2. The van der Waals surface area contributed by atoms with Crippen molar-refractivity contribution in [1.29, 1.82) is 0 Å². The third kappa shape index (κ3) is 4.87. The lowest BCUT2D eigenvalue weighted by Crippen LogP contribution is -2.49. The molecule has 6 nitrogen and oxygen atoms in total. The number of nitrogens with zero attached hydrogens (tertiary/aromatic N) is 2. The van der Waals surface area contributed by atoms with Gasteiger partial charge in [0.15, 0.2) is 0 Å². The maximum absolute atomic E-state index is 13.0. The van der Waals surface area contributed by atoms with Crippen molar-refractivity contribution < 1.29 is 19.5 Å². The number of rotatable bonds is 6. The summed E-state index contributed by atoms with van der Waals surface area (Å²) in [6, 6.07) is 7.98. The number of carbonyl (C=O) groups excluding carboxylic acids is 2. The fourth-order valence-electron chi connectivity index (χ4n) is 3.54. The maximum atomic E-state index is 13.0. The molecule has 1 unspecified atom stereocenters. The van der Waals surface area contributed by atoms with Crippen LogP contribution in [0.2, 0.25) is 0 Å². The number of carbonyl (C=O) groups is 3. The fraction of sp³-hybridized carbons (Fsp3) is 0.571. The molecule has 2 amide bonds. The normalized spacial score (nSPS) is 17.5. The van der Waals surface area contributed by atoms with E-state index in [0.717, 1.165) is 12.0 Å². The zero-order valence-electron chi connectivity index (χ0n) is 16.7. The van der Waals surface area contributed by atoms with E-state index >= 15 is 0 Å². The van der Waals surface area contributed by atoms with Crippen molar-refractivity contribution in [2.45, 2.75) is 45.4 Å². The minimum atomic E-state index is -0.867. The zero-order valence-corrected chi connectivity index (χ0v) is 16.7. The maximum Gasteiger partial charge on any atom is 0.308 e. The van der Waals surface area contributed by atoms with Crippen LogP contribution in [0.5, 0.6) is 0 Å². The molecule has 1 aromatic rings. The topological polar surface area (TPSA) is 77.9 Å². The molecule has 1 heterocycles. The lowest BCUT2D eigenvalue weighted by atomic mass is 9.82. The SMILES string of the molecule is CCc1ccc(C(C)(C)C(=O)N(C)CC(=O)N2CCCC(C(=O)O)C2)cc1. The highest BCUT2D eigenvalue weighted by molar-refractivity contribution is 5.91. The van der Waals surface area contributed by atoms with Crippen molar-refractivity contribution >= 4 is 17.8 Å². The Labute approximate surface area is 161 Å². The molecule has 1 atom stereocenters. The van der Waals surface area contributed by atoms with Crippen molar-refractivity contribution in [3.8, 4) is 0 Å². The zero-order chi connectivity index (χ0) is 20.2. The summed E-state index contributed by atoms with van der Waals surface area (Å²) in [5.74, 6) is -1.72. The summed E-state index contributed by atoms with van der Waals surface area (Å²) >= 11 is 0. The first-order chi connectivity index (χ1) is 12.7. The van der Waals surface area contributed by atoms with Crippen LogP contribution in [-0.4, -0.2) is 59.4 Å². The van der Waals surface area contributed by atoms with Gasteiger partial charge in [-0.25, -0.2) is 0 Å². The van der Waals surface area contributed by atoms with Gasteiger partial charge >= 0.3 is 5.97 Å². The van der Waals surface area contributed by atoms with Crippen molar-refractivity contribution in [2.24, 2.45) is 5.92 Å². The van der Waals surface area contributed by atoms with Gasteiger partial charge in [0.2, 0.25) is 11.8 Å². The molecule has 0 saturated carbocycles. The number of carboxylic acid groups (broad SMARTS) is 1. The van der Waals surface area contributed by atoms with Gasteiger partial charge in [0.25, 0.3) is 0 Å². The molecule has 27 heavy (non-hydrogen) atoms. The van der Waals surface area contributed by atoms with Crippen molar-refractivity contribution in [1.82, 2.24) is 9.80 Å². The van der Waals surface area contributed by atoms with Gasteiger partial charge in [-0.15, -0.1) is 0 Å². The Morgan fingerprint density at radius 3 is 2.41 bits per heavy atom. The van der Waals surface area contributed by atoms with Gasteiger partial charge < -0.3 is 14.9 Å². The first kappa shape index (κ1) is 20.9. The minimum absolute atomic E-state index is 0.0400. The van der Waals surface area contributed by atoms with Gasteiger partial charge in [0.05, 0.1) is 17.9 Å². The van der Waals surface area contributed by atoms with E-state index in [1.54, 1.807) is 11.9 Å². The molecule has 0 radical (unpaired) electrons. The number of aryl methyl sites for hydroxylation is 1. The highest BCUT2D eigenvalue weighted by Crippen LogP contribution is 2.26. The van der Waals surface area contributed by atoms with Crippen LogP contribution in [0.25, 0.3) is 0 Å². The molecule has 1 aliphatic rings. The summed E-state index contributed by atoms with van der Waals surface area (Å²) in [6.45, 7) is 6.53. The number of aliphatic carboxylic acids is 1. The van der Waals surface area contributed by atoms with Gasteiger partial charge in [-0.1, -0.05) is 31.2 Å². The largest absolute Gasteiger partial charge is 0.481 e. The summed E-state index contributed by atoms with van der Waals surface area (Å²) in [5.41, 5.74) is 1.38. The van der Waals surface area contributed by atoms with E-state index in [9.17, 15) is 19.5 Å². The van der Waals surface area contributed by atoms with Crippen LogP contribution in [0.3, 0.4) is 0 Å². The van der Waals surface area contributed by atoms with E-state index in [2.05, 4.69) is 6.92 Å². The summed E-state index contributed by atoms with van der Waals surface area (Å²) in [4.78, 5) is 39.7. The molecule has 1 saturated heterocycles. The lowest BCUT2D eigenvalue weighted by Gasteiger charge is -2.34. The second-order valence-corrected chi connectivity index (χ2v) is 7.85. The van der Waals surface area contributed by atoms with E-state index in [-0.39, 0.29) is 24.9 Å². The van der Waals surface area contributed by atoms with Crippen LogP contribution >= 0.6 is 0 Å². The van der Waals surface area contributed by atoms with Gasteiger partial charge in [0, 0.05) is 20.1 Å². The molecule has 0 aliphatic carbocycles. The van der Waals surface area contributed by atoms with E-state index in [0.29, 0.717) is 19.4 Å². The number of piperidine rings is 1. The Balaban J connectivity index is 2.02. The van der Waals surface area contributed by atoms with Gasteiger partial charge in [-0.2, -0.15) is 0 Å². The second-order valence-electron chi connectivity index (χ2n) is 7.85. The standard InChI is InChI=1S/C21H30N2O4/c1-5-15-8-10-17(11-9-15)21(2,3)20(27)22(4)14-18(24)23-12-6-7-16(13-23)19(25)26/h8-11,16H,5-7,12-14H2,1-4H3,(H,25,26). The number of likely N-dealkylation sites (tertiary alicyclic amines) is 1. The van der Waals surface area contributed by atoms with Crippen LogP contribution in [-0.2, 0) is 26.2 Å². The highest BCUT2D eigenvalue weighted by atomic mass is 16.4. The third-order valence-electron chi connectivity index (χ3n) is 5.46. The monoisotopic (exact) mass is 374 g/mol. The van der Waals surface area contributed by atoms with Crippen molar-refractivity contribution in [3.63, 3.8) is 0 Å². The molecular formula is C21H30N2O4.